The first-order chi connectivity index (χ1) is 24.4. The van der Waals surface area contributed by atoms with Crippen molar-refractivity contribution >= 4 is 39.4 Å². The highest BCUT2D eigenvalue weighted by Gasteiger charge is 2.36. The van der Waals surface area contributed by atoms with Gasteiger partial charge in [0.15, 0.2) is 0 Å². The van der Waals surface area contributed by atoms with Crippen LogP contribution in [0.25, 0.3) is 11.1 Å². The Kier molecular flexibility index (Phi) is 12.0. The minimum absolute atomic E-state index is 0.000114. The van der Waals surface area contributed by atoms with Gasteiger partial charge in [0, 0.05) is 31.5 Å². The lowest BCUT2D eigenvalue weighted by Crippen LogP contribution is -2.49. The molecule has 0 radical (unpaired) electrons. The number of sulfonamides is 1. The fourth-order valence-corrected chi connectivity index (χ4v) is 7.82. The van der Waals surface area contributed by atoms with Crippen LogP contribution in [0.2, 0.25) is 0 Å². The number of ether oxygens (including phenoxy) is 1. The summed E-state index contributed by atoms with van der Waals surface area (Å²) >= 11 is 0. The number of carboxylic acids is 1. The second kappa shape index (κ2) is 16.6. The summed E-state index contributed by atoms with van der Waals surface area (Å²) in [5.74, 6) is -1.43. The molecule has 0 spiro atoms. The van der Waals surface area contributed by atoms with Gasteiger partial charge in [-0.25, -0.2) is 18.2 Å². The Hall–Kier alpha value is -5.31. The second-order valence-electron chi connectivity index (χ2n) is 12.5. The van der Waals surface area contributed by atoms with E-state index in [-0.39, 0.29) is 23.5 Å². The molecule has 14 heteroatoms. The van der Waals surface area contributed by atoms with Gasteiger partial charge in [-0.1, -0.05) is 66.2 Å². The number of amides is 3. The van der Waals surface area contributed by atoms with E-state index in [0.717, 1.165) is 16.7 Å². The Balaban J connectivity index is 1.18. The predicted molar refractivity (Wildman–Crippen MR) is 194 cm³/mol. The lowest BCUT2D eigenvalue weighted by Gasteiger charge is -2.25. The number of nitrogens with one attached hydrogen (secondary N) is 4. The minimum atomic E-state index is -4.21. The van der Waals surface area contributed by atoms with E-state index in [0.29, 0.717) is 35.6 Å². The number of nitrogens with zero attached hydrogens (tertiary/aromatic N) is 2. The highest BCUT2D eigenvalue weighted by atomic mass is 32.2. The van der Waals surface area contributed by atoms with E-state index in [1.807, 2.05) is 73.7 Å². The van der Waals surface area contributed by atoms with E-state index in [2.05, 4.69) is 25.7 Å². The number of hydrogen-bond donors (Lipinski definition) is 5. The molecule has 5 N–H and O–H groups in total. The van der Waals surface area contributed by atoms with Crippen molar-refractivity contribution in [1.29, 1.82) is 0 Å². The van der Waals surface area contributed by atoms with Gasteiger partial charge in [0.1, 0.15) is 18.5 Å². The smallest absolute Gasteiger partial charge is 0.323 e. The molecule has 0 aliphatic carbocycles. The van der Waals surface area contributed by atoms with E-state index < -0.39 is 47.2 Å². The molecule has 0 saturated carbocycles. The predicted octanol–water partition coefficient (Wildman–Crippen LogP) is 4.33. The molecular weight excluding hydrogens is 673 g/mol. The summed E-state index contributed by atoms with van der Waals surface area (Å²) in [5, 5.41) is 18.4. The third-order valence-electron chi connectivity index (χ3n) is 8.49. The number of anilines is 2. The maximum absolute atomic E-state index is 13.5. The summed E-state index contributed by atoms with van der Waals surface area (Å²) in [6.07, 6.45) is 1.58. The maximum Gasteiger partial charge on any atom is 0.323 e. The third-order valence-corrected chi connectivity index (χ3v) is 10.3. The van der Waals surface area contributed by atoms with Crippen LogP contribution in [-0.4, -0.2) is 85.7 Å². The summed E-state index contributed by atoms with van der Waals surface area (Å²) in [5.41, 5.74) is 4.54. The molecule has 3 amide bonds. The average Bonchev–Trinajstić information content (AvgIpc) is 3.52. The summed E-state index contributed by atoms with van der Waals surface area (Å²) in [4.78, 5) is 44.2. The third kappa shape index (κ3) is 9.90. The first-order valence-electron chi connectivity index (χ1n) is 16.5. The summed E-state index contributed by atoms with van der Waals surface area (Å²) in [6, 6.07) is 24.1. The van der Waals surface area contributed by atoms with Gasteiger partial charge in [0.05, 0.1) is 17.0 Å². The lowest BCUT2D eigenvalue weighted by atomic mass is 10.1. The van der Waals surface area contributed by atoms with Crippen molar-refractivity contribution in [1.82, 2.24) is 19.9 Å². The molecule has 1 fully saturated rings. The molecule has 1 aromatic heterocycles. The maximum atomic E-state index is 13.5. The van der Waals surface area contributed by atoms with Crippen LogP contribution in [0.15, 0.2) is 96.0 Å². The molecular formula is C37H42N6O7S. The Morgan fingerprint density at radius 1 is 0.941 bits per heavy atom. The van der Waals surface area contributed by atoms with E-state index in [1.165, 1.54) is 0 Å². The van der Waals surface area contributed by atoms with Crippen molar-refractivity contribution in [3.8, 4) is 11.1 Å². The van der Waals surface area contributed by atoms with Crippen molar-refractivity contribution in [3.05, 3.63) is 108 Å². The largest absolute Gasteiger partial charge is 0.480 e. The number of rotatable bonds is 14. The zero-order valence-electron chi connectivity index (χ0n) is 28.6. The number of aliphatic carboxylic acids is 1. The number of hydrogen-bond acceptors (Lipinski definition) is 8. The molecule has 2 heterocycles. The van der Waals surface area contributed by atoms with E-state index in [4.69, 9.17) is 4.74 Å². The van der Waals surface area contributed by atoms with Crippen LogP contribution in [0.3, 0.4) is 0 Å². The summed E-state index contributed by atoms with van der Waals surface area (Å²) in [6.45, 7) is 4.77. The molecule has 4 aromatic rings. The van der Waals surface area contributed by atoms with Gasteiger partial charge in [-0.05, 0) is 73.7 Å². The molecule has 3 atom stereocenters. The van der Waals surface area contributed by atoms with Crippen LogP contribution in [0.1, 0.15) is 23.1 Å². The molecule has 1 aliphatic rings. The Morgan fingerprint density at radius 3 is 2.25 bits per heavy atom. The highest BCUT2D eigenvalue weighted by Crippen LogP contribution is 2.25. The number of urea groups is 1. The number of aromatic nitrogens is 1. The fraction of sp³-hybridized carbons (Fsp3) is 0.297. The van der Waals surface area contributed by atoms with Crippen LogP contribution >= 0.6 is 0 Å². The molecule has 1 aliphatic heterocycles. The van der Waals surface area contributed by atoms with Crippen molar-refractivity contribution in [3.63, 3.8) is 0 Å². The second-order valence-corrected chi connectivity index (χ2v) is 14.1. The number of carbonyl (C=O) groups excluding carboxylic acids is 2. The van der Waals surface area contributed by atoms with Gasteiger partial charge in [0.25, 0.3) is 0 Å². The van der Waals surface area contributed by atoms with Gasteiger partial charge >= 0.3 is 12.0 Å². The topological polar surface area (TPSA) is 179 Å². The van der Waals surface area contributed by atoms with E-state index in [1.54, 1.807) is 43.1 Å². The molecule has 51 heavy (non-hydrogen) atoms. The van der Waals surface area contributed by atoms with Gasteiger partial charge < -0.3 is 30.7 Å². The Bertz CT molecular complexity index is 1920. The summed E-state index contributed by atoms with van der Waals surface area (Å²) < 4.78 is 34.4. The number of aryl methyl sites for hydroxylation is 3. The minimum Gasteiger partial charge on any atom is -0.480 e. The van der Waals surface area contributed by atoms with Gasteiger partial charge in [0.2, 0.25) is 15.9 Å². The van der Waals surface area contributed by atoms with Crippen molar-refractivity contribution in [2.75, 3.05) is 36.9 Å². The standard InChI is InChI=1S/C37H42N6O7S/c1-24-17-25(2)35(26(3)18-24)51(48,49)42-32(36(45)46)21-40-34(44)23-50-31-19-30(20-39-33-11-7-8-16-38-33)43(22-31)37(47)41-29-14-12-28(13-15-29)27-9-5-4-6-10-27/h4-18,30-32,42H,19-23H2,1-3H3,(H,38,39)(H,40,44)(H,41,47)(H,45,46)/t30-,31+,32-/m0/s1. The molecule has 3 aromatic carbocycles. The number of likely N-dealkylation sites (tertiary alicyclic amines) is 1. The van der Waals surface area contributed by atoms with Crippen molar-refractivity contribution in [2.24, 2.45) is 0 Å². The quantitative estimate of drug-likeness (QED) is 0.127. The molecule has 1 saturated heterocycles. The van der Waals surface area contributed by atoms with Crippen LogP contribution in [-0.2, 0) is 24.3 Å². The Labute approximate surface area is 297 Å². The number of carbonyl (C=O) groups is 3. The first-order valence-corrected chi connectivity index (χ1v) is 18.0. The van der Waals surface area contributed by atoms with Gasteiger partial charge in [-0.2, -0.15) is 4.72 Å². The van der Waals surface area contributed by atoms with Gasteiger partial charge in [-0.15, -0.1) is 0 Å². The number of pyridine rings is 1. The Morgan fingerprint density at radius 2 is 1.61 bits per heavy atom. The van der Waals surface area contributed by atoms with E-state index in [9.17, 15) is 27.9 Å². The number of carboxylic acid groups (broad SMARTS) is 1. The molecule has 0 bridgehead atoms. The van der Waals surface area contributed by atoms with Crippen LogP contribution in [0, 0.1) is 20.8 Å². The lowest BCUT2D eigenvalue weighted by molar-refractivity contribution is -0.139. The van der Waals surface area contributed by atoms with Crippen LogP contribution < -0.4 is 20.7 Å². The zero-order chi connectivity index (χ0) is 36.5. The van der Waals surface area contributed by atoms with Crippen LogP contribution in [0.5, 0.6) is 0 Å². The summed E-state index contributed by atoms with van der Waals surface area (Å²) in [7, 11) is -4.21. The van der Waals surface area contributed by atoms with Crippen LogP contribution in [0.4, 0.5) is 16.3 Å². The monoisotopic (exact) mass is 714 g/mol. The van der Waals surface area contributed by atoms with Crippen molar-refractivity contribution < 1.29 is 32.6 Å². The molecule has 0 unspecified atom stereocenters. The van der Waals surface area contributed by atoms with Crippen molar-refractivity contribution in [2.45, 2.75) is 50.3 Å². The molecule has 268 valence electrons. The van der Waals surface area contributed by atoms with E-state index >= 15 is 0 Å². The average molecular weight is 715 g/mol. The molecule has 5 rings (SSSR count). The zero-order valence-corrected chi connectivity index (χ0v) is 29.4. The normalized spacial score (nSPS) is 16.3. The SMILES string of the molecule is Cc1cc(C)c(S(=O)(=O)N[C@@H](CNC(=O)CO[C@@H]2C[C@@H](CNc3ccccn3)N(C(=O)Nc3ccc(-c4ccccc4)cc3)C2)C(=O)O)c(C)c1. The first kappa shape index (κ1) is 37.0. The molecule has 13 nitrogen and oxygen atoms in total. The highest BCUT2D eigenvalue weighted by molar-refractivity contribution is 7.89. The number of benzene rings is 3. The van der Waals surface area contributed by atoms with Gasteiger partial charge in [-0.3, -0.25) is 9.59 Å². The fourth-order valence-electron chi connectivity index (χ4n) is 6.18.